The summed E-state index contributed by atoms with van der Waals surface area (Å²) in [5.41, 5.74) is 3.19. The molecule has 0 saturated carbocycles. The molecule has 0 fully saturated rings. The third kappa shape index (κ3) is 4.70. The summed E-state index contributed by atoms with van der Waals surface area (Å²) in [6.07, 6.45) is 0.0425. The highest BCUT2D eigenvalue weighted by molar-refractivity contribution is 7.15. The molecular formula is C19H22N4O2S2. The van der Waals surface area contributed by atoms with Crippen LogP contribution in [-0.2, 0) is 11.2 Å². The SMILES string of the molecule is Cc1nc(C)c(CC(=O)Nc2nnc([C@H](C)Oc3cccc(C)c3C)s2)s1. The van der Waals surface area contributed by atoms with Crippen molar-refractivity contribution in [3.05, 3.63) is 49.9 Å². The standard InChI is InChI=1S/C19H22N4O2S2/c1-10-7-6-8-15(11(10)2)25-13(4)18-22-23-19(27-18)21-17(24)9-16-12(3)20-14(5)26-16/h6-8,13H,9H2,1-5H3,(H,21,23,24)/t13-/m0/s1. The first kappa shape index (κ1) is 19.4. The van der Waals surface area contributed by atoms with Crippen LogP contribution in [-0.4, -0.2) is 21.1 Å². The fraction of sp³-hybridized carbons (Fsp3) is 0.368. The summed E-state index contributed by atoms with van der Waals surface area (Å²) >= 11 is 2.87. The van der Waals surface area contributed by atoms with Crippen LogP contribution in [0, 0.1) is 27.7 Å². The third-order valence-electron chi connectivity index (χ3n) is 4.21. The van der Waals surface area contributed by atoms with Crippen LogP contribution in [0.25, 0.3) is 0 Å². The van der Waals surface area contributed by atoms with Crippen molar-refractivity contribution in [3.8, 4) is 5.75 Å². The van der Waals surface area contributed by atoms with Crippen LogP contribution in [0.5, 0.6) is 5.75 Å². The molecule has 1 N–H and O–H groups in total. The molecule has 0 aliphatic heterocycles. The molecular weight excluding hydrogens is 380 g/mol. The van der Waals surface area contributed by atoms with E-state index in [1.165, 1.54) is 16.9 Å². The first-order valence-electron chi connectivity index (χ1n) is 8.62. The Morgan fingerprint density at radius 3 is 2.67 bits per heavy atom. The normalized spacial score (nSPS) is 12.0. The molecule has 0 saturated heterocycles. The highest BCUT2D eigenvalue weighted by atomic mass is 32.1. The number of nitrogens with zero attached hydrogens (tertiary/aromatic N) is 3. The number of anilines is 1. The van der Waals surface area contributed by atoms with Crippen LogP contribution in [0.2, 0.25) is 0 Å². The van der Waals surface area contributed by atoms with E-state index in [1.54, 1.807) is 11.3 Å². The number of benzene rings is 1. The summed E-state index contributed by atoms with van der Waals surface area (Å²) in [5.74, 6) is 0.715. The van der Waals surface area contributed by atoms with Crippen molar-refractivity contribution >= 4 is 33.7 Å². The number of aryl methyl sites for hydroxylation is 3. The van der Waals surface area contributed by atoms with Crippen molar-refractivity contribution in [2.45, 2.75) is 47.1 Å². The minimum atomic E-state index is -0.250. The number of carbonyl (C=O) groups is 1. The summed E-state index contributed by atoms with van der Waals surface area (Å²) in [6.45, 7) is 9.87. The maximum Gasteiger partial charge on any atom is 0.231 e. The smallest absolute Gasteiger partial charge is 0.231 e. The fourth-order valence-electron chi connectivity index (χ4n) is 2.59. The highest BCUT2D eigenvalue weighted by Gasteiger charge is 2.17. The summed E-state index contributed by atoms with van der Waals surface area (Å²) in [6, 6.07) is 5.97. The van der Waals surface area contributed by atoms with Crippen LogP contribution in [0.3, 0.4) is 0 Å². The molecule has 0 unspecified atom stereocenters. The number of rotatable bonds is 6. The number of aromatic nitrogens is 3. The second kappa shape index (κ2) is 8.14. The molecule has 142 valence electrons. The Kier molecular flexibility index (Phi) is 5.86. The van der Waals surface area contributed by atoms with Crippen LogP contribution in [0.1, 0.15) is 44.7 Å². The Bertz CT molecular complexity index is 965. The maximum absolute atomic E-state index is 12.3. The van der Waals surface area contributed by atoms with Crippen LogP contribution in [0.15, 0.2) is 18.2 Å². The summed E-state index contributed by atoms with van der Waals surface area (Å²) in [7, 11) is 0. The zero-order valence-electron chi connectivity index (χ0n) is 16.0. The van der Waals surface area contributed by atoms with Gasteiger partial charge in [-0.3, -0.25) is 4.79 Å². The molecule has 27 heavy (non-hydrogen) atoms. The molecule has 8 heteroatoms. The van der Waals surface area contributed by atoms with Gasteiger partial charge in [0.05, 0.1) is 17.1 Å². The number of hydrogen-bond donors (Lipinski definition) is 1. The number of amides is 1. The molecule has 2 aromatic heterocycles. The molecule has 3 aromatic rings. The van der Waals surface area contributed by atoms with Gasteiger partial charge in [0, 0.05) is 4.88 Å². The predicted molar refractivity (Wildman–Crippen MR) is 109 cm³/mol. The molecule has 0 spiro atoms. The third-order valence-corrected chi connectivity index (χ3v) is 6.29. The minimum absolute atomic E-state index is 0.118. The Balaban J connectivity index is 1.63. The molecule has 0 aliphatic rings. The van der Waals surface area contributed by atoms with Crippen molar-refractivity contribution in [1.29, 1.82) is 0 Å². The Hall–Kier alpha value is -2.32. The van der Waals surface area contributed by atoms with E-state index >= 15 is 0 Å². The van der Waals surface area contributed by atoms with Crippen molar-refractivity contribution in [2.24, 2.45) is 0 Å². The largest absolute Gasteiger partial charge is 0.483 e. The molecule has 1 amide bonds. The van der Waals surface area contributed by atoms with E-state index in [2.05, 4.69) is 33.5 Å². The lowest BCUT2D eigenvalue weighted by Crippen LogP contribution is -2.14. The monoisotopic (exact) mass is 402 g/mol. The lowest BCUT2D eigenvalue weighted by molar-refractivity contribution is -0.115. The average molecular weight is 403 g/mol. The average Bonchev–Trinajstić information content (AvgIpc) is 3.18. The number of nitrogens with one attached hydrogen (secondary N) is 1. The van der Waals surface area contributed by atoms with Gasteiger partial charge < -0.3 is 10.1 Å². The number of carbonyl (C=O) groups excluding carboxylic acids is 1. The summed E-state index contributed by atoms with van der Waals surface area (Å²) in [5, 5.41) is 13.2. The van der Waals surface area contributed by atoms with Gasteiger partial charge >= 0.3 is 0 Å². The first-order chi connectivity index (χ1) is 12.8. The van der Waals surface area contributed by atoms with E-state index in [9.17, 15) is 4.79 Å². The zero-order chi connectivity index (χ0) is 19.6. The van der Waals surface area contributed by atoms with Gasteiger partial charge in [-0.25, -0.2) is 4.98 Å². The molecule has 0 aliphatic carbocycles. The molecule has 2 heterocycles. The van der Waals surface area contributed by atoms with Gasteiger partial charge in [-0.1, -0.05) is 23.5 Å². The van der Waals surface area contributed by atoms with Gasteiger partial charge in [0.15, 0.2) is 5.01 Å². The van der Waals surface area contributed by atoms with E-state index in [4.69, 9.17) is 4.74 Å². The first-order valence-corrected chi connectivity index (χ1v) is 10.3. The second-order valence-corrected chi connectivity index (χ2v) is 8.67. The van der Waals surface area contributed by atoms with Gasteiger partial charge in [-0.2, -0.15) is 0 Å². The zero-order valence-corrected chi connectivity index (χ0v) is 17.6. The van der Waals surface area contributed by atoms with Crippen molar-refractivity contribution in [1.82, 2.24) is 15.2 Å². The van der Waals surface area contributed by atoms with Gasteiger partial charge in [0.25, 0.3) is 0 Å². The molecule has 1 aromatic carbocycles. The van der Waals surface area contributed by atoms with E-state index in [0.717, 1.165) is 31.9 Å². The van der Waals surface area contributed by atoms with Gasteiger partial charge in [0.2, 0.25) is 11.0 Å². The van der Waals surface area contributed by atoms with Gasteiger partial charge in [-0.05, 0) is 51.8 Å². The van der Waals surface area contributed by atoms with Crippen molar-refractivity contribution in [2.75, 3.05) is 5.32 Å². The second-order valence-electron chi connectivity index (χ2n) is 6.37. The molecule has 3 rings (SSSR count). The van der Waals surface area contributed by atoms with E-state index in [0.29, 0.717) is 11.6 Å². The van der Waals surface area contributed by atoms with Crippen LogP contribution < -0.4 is 10.1 Å². The van der Waals surface area contributed by atoms with E-state index in [1.807, 2.05) is 39.8 Å². The summed E-state index contributed by atoms with van der Waals surface area (Å²) < 4.78 is 6.03. The van der Waals surface area contributed by atoms with E-state index in [-0.39, 0.29) is 12.0 Å². The predicted octanol–water partition coefficient (Wildman–Crippen LogP) is 4.55. The Labute approximate surface area is 166 Å². The van der Waals surface area contributed by atoms with Crippen molar-refractivity contribution in [3.63, 3.8) is 0 Å². The Morgan fingerprint density at radius 1 is 1.19 bits per heavy atom. The van der Waals surface area contributed by atoms with Crippen LogP contribution >= 0.6 is 22.7 Å². The molecule has 6 nitrogen and oxygen atoms in total. The number of ether oxygens (including phenoxy) is 1. The summed E-state index contributed by atoms with van der Waals surface area (Å²) in [4.78, 5) is 17.6. The van der Waals surface area contributed by atoms with Gasteiger partial charge in [-0.15, -0.1) is 21.5 Å². The number of thiazole rings is 1. The van der Waals surface area contributed by atoms with Crippen molar-refractivity contribution < 1.29 is 9.53 Å². The highest BCUT2D eigenvalue weighted by Crippen LogP contribution is 2.29. The quantitative estimate of drug-likeness (QED) is 0.654. The molecule has 0 radical (unpaired) electrons. The van der Waals surface area contributed by atoms with E-state index < -0.39 is 0 Å². The topological polar surface area (TPSA) is 77.0 Å². The number of hydrogen-bond acceptors (Lipinski definition) is 7. The Morgan fingerprint density at radius 2 is 1.96 bits per heavy atom. The lowest BCUT2D eigenvalue weighted by Gasteiger charge is -2.14. The lowest BCUT2D eigenvalue weighted by atomic mass is 10.1. The fourth-order valence-corrected chi connectivity index (χ4v) is 4.26. The molecule has 0 bridgehead atoms. The maximum atomic E-state index is 12.3. The molecule has 1 atom stereocenters. The van der Waals surface area contributed by atoms with Crippen LogP contribution in [0.4, 0.5) is 5.13 Å². The van der Waals surface area contributed by atoms with Gasteiger partial charge in [0.1, 0.15) is 11.9 Å². The minimum Gasteiger partial charge on any atom is -0.483 e.